The van der Waals surface area contributed by atoms with Gasteiger partial charge in [0.25, 0.3) is 0 Å². The van der Waals surface area contributed by atoms with E-state index in [0.29, 0.717) is 0 Å². The van der Waals surface area contributed by atoms with Gasteiger partial charge in [-0.05, 0) is 55.2 Å². The summed E-state index contributed by atoms with van der Waals surface area (Å²) in [6, 6.07) is 23.0. The topological polar surface area (TPSA) is 30.8 Å². The van der Waals surface area contributed by atoms with Crippen LogP contribution in [0.5, 0.6) is 5.75 Å². The molecule has 2 atom stereocenters. The summed E-state index contributed by atoms with van der Waals surface area (Å²) in [6.07, 6.45) is -0.148. The Morgan fingerprint density at radius 1 is 0.821 bits per heavy atom. The van der Waals surface area contributed by atoms with E-state index in [1.807, 2.05) is 30.3 Å². The number of hydrogen-bond acceptors (Lipinski definition) is 3. The minimum absolute atomic E-state index is 0.0217. The Hall–Kier alpha value is -3.07. The molecule has 0 fully saturated rings. The van der Waals surface area contributed by atoms with Gasteiger partial charge in [0.2, 0.25) is 0 Å². The zero-order valence-electron chi connectivity index (χ0n) is 16.8. The Labute approximate surface area is 166 Å². The third kappa shape index (κ3) is 3.29. The number of oxime groups is 1. The molecule has 3 heteroatoms. The highest BCUT2D eigenvalue weighted by Gasteiger charge is 2.38. The Balaban J connectivity index is 1.83. The first-order chi connectivity index (χ1) is 13.6. The lowest BCUT2D eigenvalue weighted by atomic mass is 9.81. The highest BCUT2D eigenvalue weighted by Crippen LogP contribution is 2.43. The minimum atomic E-state index is -0.148. The zero-order chi connectivity index (χ0) is 19.7. The highest BCUT2D eigenvalue weighted by atomic mass is 16.6. The molecule has 0 radical (unpaired) electrons. The Kier molecular flexibility index (Phi) is 4.91. The van der Waals surface area contributed by atoms with Crippen molar-refractivity contribution < 1.29 is 9.57 Å². The van der Waals surface area contributed by atoms with Gasteiger partial charge >= 0.3 is 0 Å². The average molecular weight is 371 g/mol. The second kappa shape index (κ2) is 7.51. The van der Waals surface area contributed by atoms with Crippen molar-refractivity contribution in [3.05, 3.63) is 100 Å². The molecule has 1 heterocycles. The maximum absolute atomic E-state index is 6.03. The molecule has 0 saturated carbocycles. The Morgan fingerprint density at radius 2 is 1.46 bits per heavy atom. The van der Waals surface area contributed by atoms with Crippen LogP contribution in [0.15, 0.2) is 71.9 Å². The lowest BCUT2D eigenvalue weighted by molar-refractivity contribution is 0.0763. The van der Waals surface area contributed by atoms with Gasteiger partial charge in [-0.3, -0.25) is 0 Å². The van der Waals surface area contributed by atoms with Crippen LogP contribution in [0.2, 0.25) is 0 Å². The smallest absolute Gasteiger partial charge is 0.165 e. The molecule has 0 aliphatic carbocycles. The van der Waals surface area contributed by atoms with Crippen molar-refractivity contribution in [2.75, 3.05) is 7.11 Å². The summed E-state index contributed by atoms with van der Waals surface area (Å²) in [7, 11) is 1.69. The molecule has 0 N–H and O–H groups in total. The quantitative estimate of drug-likeness (QED) is 0.573. The summed E-state index contributed by atoms with van der Waals surface area (Å²) in [5.41, 5.74) is 8.20. The van der Waals surface area contributed by atoms with E-state index in [4.69, 9.17) is 9.57 Å². The third-order valence-corrected chi connectivity index (χ3v) is 5.40. The summed E-state index contributed by atoms with van der Waals surface area (Å²) >= 11 is 0. The molecule has 0 bridgehead atoms. The van der Waals surface area contributed by atoms with Gasteiger partial charge in [-0.2, -0.15) is 0 Å². The molecule has 1 aliphatic heterocycles. The van der Waals surface area contributed by atoms with E-state index in [1.54, 1.807) is 7.11 Å². The number of nitrogens with zero attached hydrogens (tertiary/aromatic N) is 1. The molecular weight excluding hydrogens is 346 g/mol. The van der Waals surface area contributed by atoms with E-state index in [1.165, 1.54) is 27.8 Å². The van der Waals surface area contributed by atoms with Gasteiger partial charge in [-0.15, -0.1) is 0 Å². The van der Waals surface area contributed by atoms with Crippen molar-refractivity contribution in [2.45, 2.75) is 32.8 Å². The van der Waals surface area contributed by atoms with Crippen LogP contribution in [0.25, 0.3) is 0 Å². The molecule has 3 aromatic carbocycles. The number of aryl methyl sites for hydroxylation is 3. The molecule has 0 saturated heterocycles. The fourth-order valence-electron chi connectivity index (χ4n) is 4.20. The number of methoxy groups -OCH3 is 1. The second-order valence-corrected chi connectivity index (χ2v) is 7.44. The van der Waals surface area contributed by atoms with E-state index in [-0.39, 0.29) is 12.0 Å². The van der Waals surface area contributed by atoms with Gasteiger partial charge in [0, 0.05) is 5.56 Å². The summed E-state index contributed by atoms with van der Waals surface area (Å²) in [5.74, 6) is 0.869. The maximum Gasteiger partial charge on any atom is 0.165 e. The Bertz CT molecular complexity index is 983. The first kappa shape index (κ1) is 18.3. The SMILES string of the molecule is COc1ccc([C@@H]2C(c3c(C)cc(C)cc3C)=NO[C@H]2c2ccccc2)cc1. The van der Waals surface area contributed by atoms with Gasteiger partial charge in [0.15, 0.2) is 6.10 Å². The molecule has 3 nitrogen and oxygen atoms in total. The molecule has 0 aromatic heterocycles. The summed E-state index contributed by atoms with van der Waals surface area (Å²) in [5, 5.41) is 4.60. The highest BCUT2D eigenvalue weighted by molar-refractivity contribution is 6.08. The largest absolute Gasteiger partial charge is 0.497 e. The summed E-state index contributed by atoms with van der Waals surface area (Å²) in [6.45, 7) is 6.43. The van der Waals surface area contributed by atoms with Crippen molar-refractivity contribution in [3.63, 3.8) is 0 Å². The molecule has 0 spiro atoms. The lowest BCUT2D eigenvalue weighted by Gasteiger charge is -2.22. The van der Waals surface area contributed by atoms with Crippen molar-refractivity contribution in [3.8, 4) is 5.75 Å². The van der Waals surface area contributed by atoms with Crippen LogP contribution in [0.1, 0.15) is 45.4 Å². The predicted octanol–water partition coefficient (Wildman–Crippen LogP) is 5.88. The summed E-state index contributed by atoms with van der Waals surface area (Å²) in [4.78, 5) is 6.03. The fraction of sp³-hybridized carbons (Fsp3) is 0.240. The van der Waals surface area contributed by atoms with Crippen LogP contribution < -0.4 is 4.74 Å². The Morgan fingerprint density at radius 3 is 2.07 bits per heavy atom. The molecule has 1 aliphatic rings. The van der Waals surface area contributed by atoms with Crippen LogP contribution in [0.3, 0.4) is 0 Å². The standard InChI is InChI=1S/C25H25NO2/c1-16-14-17(2)22(18(3)15-16)24-23(19-10-12-21(27-4)13-11-19)25(28-26-24)20-8-6-5-7-9-20/h5-15,23,25H,1-4H3/t23-,25+/m1/s1. The molecule has 0 amide bonds. The van der Waals surface area contributed by atoms with Gasteiger partial charge in [0.05, 0.1) is 18.7 Å². The van der Waals surface area contributed by atoms with Gasteiger partial charge in [0.1, 0.15) is 5.75 Å². The third-order valence-electron chi connectivity index (χ3n) is 5.40. The first-order valence-corrected chi connectivity index (χ1v) is 9.59. The van der Waals surface area contributed by atoms with Crippen molar-refractivity contribution in [1.29, 1.82) is 0 Å². The van der Waals surface area contributed by atoms with E-state index in [9.17, 15) is 0 Å². The second-order valence-electron chi connectivity index (χ2n) is 7.44. The minimum Gasteiger partial charge on any atom is -0.497 e. The summed E-state index contributed by atoms with van der Waals surface area (Å²) < 4.78 is 5.34. The number of benzene rings is 3. The first-order valence-electron chi connectivity index (χ1n) is 9.59. The average Bonchev–Trinajstić information content (AvgIpc) is 3.12. The van der Waals surface area contributed by atoms with Gasteiger partial charge in [-0.25, -0.2) is 0 Å². The van der Waals surface area contributed by atoms with Crippen molar-refractivity contribution in [1.82, 2.24) is 0 Å². The van der Waals surface area contributed by atoms with E-state index in [0.717, 1.165) is 17.0 Å². The van der Waals surface area contributed by atoms with Crippen LogP contribution in [-0.4, -0.2) is 12.8 Å². The normalized spacial score (nSPS) is 18.5. The van der Waals surface area contributed by atoms with E-state index < -0.39 is 0 Å². The van der Waals surface area contributed by atoms with Crippen molar-refractivity contribution >= 4 is 5.71 Å². The van der Waals surface area contributed by atoms with E-state index in [2.05, 4.69) is 62.3 Å². The molecule has 3 aromatic rings. The van der Waals surface area contributed by atoms with Gasteiger partial charge in [-0.1, -0.05) is 65.3 Å². The van der Waals surface area contributed by atoms with Crippen molar-refractivity contribution in [2.24, 2.45) is 5.16 Å². The number of rotatable bonds is 4. The molecular formula is C25H25NO2. The molecule has 142 valence electrons. The fourth-order valence-corrected chi connectivity index (χ4v) is 4.20. The molecule has 4 rings (SSSR count). The van der Waals surface area contributed by atoms with Crippen LogP contribution in [0.4, 0.5) is 0 Å². The molecule has 0 unspecified atom stereocenters. The maximum atomic E-state index is 6.03. The lowest BCUT2D eigenvalue weighted by Crippen LogP contribution is -2.18. The van der Waals surface area contributed by atoms with Gasteiger partial charge < -0.3 is 9.57 Å². The predicted molar refractivity (Wildman–Crippen MR) is 113 cm³/mol. The molecule has 28 heavy (non-hydrogen) atoms. The number of ether oxygens (including phenoxy) is 1. The van der Waals surface area contributed by atoms with Crippen LogP contribution in [0, 0.1) is 20.8 Å². The number of hydrogen-bond donors (Lipinski definition) is 0. The van der Waals surface area contributed by atoms with Crippen LogP contribution >= 0.6 is 0 Å². The van der Waals surface area contributed by atoms with E-state index >= 15 is 0 Å². The monoisotopic (exact) mass is 371 g/mol. The zero-order valence-corrected chi connectivity index (χ0v) is 16.8. The van der Waals surface area contributed by atoms with Crippen LogP contribution in [-0.2, 0) is 4.84 Å².